The molecule has 1 aromatic carbocycles. The Hall–Kier alpha value is -1.93. The summed E-state index contributed by atoms with van der Waals surface area (Å²) < 4.78 is 22.9. The van der Waals surface area contributed by atoms with E-state index in [-0.39, 0.29) is 29.4 Å². The van der Waals surface area contributed by atoms with Crippen LogP contribution in [0.1, 0.15) is 16.8 Å². The Bertz CT molecular complexity index is 728. The zero-order valence-corrected chi connectivity index (χ0v) is 14.9. The average molecular weight is 366 g/mol. The first-order valence-corrected chi connectivity index (χ1v) is 10.4. The zero-order valence-electron chi connectivity index (χ0n) is 14.1. The van der Waals surface area contributed by atoms with Crippen molar-refractivity contribution in [3.05, 3.63) is 35.9 Å². The number of nitrogens with one attached hydrogen (secondary N) is 2. The van der Waals surface area contributed by atoms with Crippen LogP contribution in [0, 0.1) is 0 Å². The van der Waals surface area contributed by atoms with E-state index < -0.39 is 9.84 Å². The topological polar surface area (TPSA) is 88.0 Å². The quantitative estimate of drug-likeness (QED) is 0.667. The van der Waals surface area contributed by atoms with Crippen molar-refractivity contribution in [1.82, 2.24) is 10.2 Å². The molecule has 8 heteroatoms. The van der Waals surface area contributed by atoms with Gasteiger partial charge in [0.2, 0.25) is 0 Å². The van der Waals surface area contributed by atoms with E-state index in [1.165, 1.54) is 0 Å². The Labute approximate surface area is 147 Å². The molecule has 7 nitrogen and oxygen atoms in total. The van der Waals surface area contributed by atoms with Gasteiger partial charge >= 0.3 is 0 Å². The van der Waals surface area contributed by atoms with Crippen LogP contribution in [-0.4, -0.2) is 75.4 Å². The second-order valence-electron chi connectivity index (χ2n) is 6.75. The predicted molar refractivity (Wildman–Crippen MR) is 93.1 cm³/mol. The minimum absolute atomic E-state index is 0.0280. The fraction of sp³-hybridized carbons (Fsp3) is 0.529. The second kappa shape index (κ2) is 7.53. The summed E-state index contributed by atoms with van der Waals surface area (Å²) in [5.41, 5.74) is 0.686. The van der Waals surface area contributed by atoms with Crippen LogP contribution < -0.4 is 10.2 Å². The molecule has 2 N–H and O–H groups in total. The molecule has 0 unspecified atom stereocenters. The largest absolute Gasteiger partial charge is 0.347 e. The van der Waals surface area contributed by atoms with E-state index in [1.807, 2.05) is 35.2 Å². The molecule has 0 saturated carbocycles. The number of hydrogen-bond donors (Lipinski definition) is 2. The van der Waals surface area contributed by atoms with Crippen molar-refractivity contribution >= 4 is 21.7 Å². The van der Waals surface area contributed by atoms with Gasteiger partial charge in [0.1, 0.15) is 0 Å². The molecule has 0 aromatic heterocycles. The fourth-order valence-electron chi connectivity index (χ4n) is 3.38. The minimum atomic E-state index is -2.98. The maximum atomic E-state index is 12.4. The maximum Gasteiger partial charge on any atom is 0.275 e. The Balaban J connectivity index is 1.43. The van der Waals surface area contributed by atoms with Gasteiger partial charge in [-0.3, -0.25) is 9.59 Å². The standard InChI is InChI=1S/C17H23N3O4S/c21-16(18-15-6-11-25(23,24)13-15)12-19-7-9-20(10-8-19)17(22)14-4-2-1-3-5-14/h1-5,15H,6-13H2,(H,18,21)/p+1/t15-/m1/s1. The minimum Gasteiger partial charge on any atom is -0.347 e. The highest BCUT2D eigenvalue weighted by atomic mass is 32.2. The van der Waals surface area contributed by atoms with Crippen LogP contribution in [0.4, 0.5) is 0 Å². The Kier molecular flexibility index (Phi) is 5.39. The van der Waals surface area contributed by atoms with Gasteiger partial charge in [0.05, 0.1) is 37.7 Å². The van der Waals surface area contributed by atoms with Crippen molar-refractivity contribution in [2.45, 2.75) is 12.5 Å². The average Bonchev–Trinajstić information content (AvgIpc) is 2.94. The van der Waals surface area contributed by atoms with Gasteiger partial charge in [-0.1, -0.05) is 18.2 Å². The van der Waals surface area contributed by atoms with Crippen molar-refractivity contribution in [2.24, 2.45) is 0 Å². The van der Waals surface area contributed by atoms with E-state index in [0.29, 0.717) is 31.6 Å². The highest BCUT2D eigenvalue weighted by molar-refractivity contribution is 7.91. The molecule has 0 bridgehead atoms. The molecule has 2 aliphatic heterocycles. The van der Waals surface area contributed by atoms with Crippen LogP contribution in [0.15, 0.2) is 30.3 Å². The summed E-state index contributed by atoms with van der Waals surface area (Å²) in [6, 6.07) is 8.95. The summed E-state index contributed by atoms with van der Waals surface area (Å²) in [7, 11) is -2.98. The van der Waals surface area contributed by atoms with Gasteiger partial charge in [0.25, 0.3) is 11.8 Å². The SMILES string of the molecule is O=C(C[NH+]1CCN(C(=O)c2ccccc2)CC1)N[C@@H]1CCS(=O)(=O)C1. The first kappa shape index (κ1) is 17.9. The Morgan fingerprint density at radius 1 is 1.16 bits per heavy atom. The number of carbonyl (C=O) groups excluding carboxylic acids is 2. The van der Waals surface area contributed by atoms with Crippen LogP contribution in [0.5, 0.6) is 0 Å². The molecule has 25 heavy (non-hydrogen) atoms. The molecule has 136 valence electrons. The molecule has 2 heterocycles. The van der Waals surface area contributed by atoms with Crippen molar-refractivity contribution < 1.29 is 22.9 Å². The molecule has 0 spiro atoms. The number of piperazine rings is 1. The second-order valence-corrected chi connectivity index (χ2v) is 8.98. The highest BCUT2D eigenvalue weighted by Gasteiger charge is 2.31. The lowest BCUT2D eigenvalue weighted by Crippen LogP contribution is -3.15. The van der Waals surface area contributed by atoms with Crippen LogP contribution in [0.2, 0.25) is 0 Å². The number of benzene rings is 1. The van der Waals surface area contributed by atoms with Crippen LogP contribution in [0.25, 0.3) is 0 Å². The smallest absolute Gasteiger partial charge is 0.275 e. The van der Waals surface area contributed by atoms with Gasteiger partial charge in [-0.25, -0.2) is 8.42 Å². The molecule has 2 aliphatic rings. The Morgan fingerprint density at radius 2 is 1.84 bits per heavy atom. The monoisotopic (exact) mass is 366 g/mol. The number of hydrogen-bond acceptors (Lipinski definition) is 4. The highest BCUT2D eigenvalue weighted by Crippen LogP contribution is 2.10. The van der Waals surface area contributed by atoms with Crippen molar-refractivity contribution in [1.29, 1.82) is 0 Å². The first-order chi connectivity index (χ1) is 11.9. The third-order valence-corrected chi connectivity index (χ3v) is 6.55. The van der Waals surface area contributed by atoms with Crippen LogP contribution in [0.3, 0.4) is 0 Å². The lowest BCUT2D eigenvalue weighted by Gasteiger charge is -2.32. The van der Waals surface area contributed by atoms with E-state index in [9.17, 15) is 18.0 Å². The molecule has 2 fully saturated rings. The van der Waals surface area contributed by atoms with Crippen molar-refractivity contribution in [3.63, 3.8) is 0 Å². The van der Waals surface area contributed by atoms with Gasteiger partial charge in [-0.15, -0.1) is 0 Å². The molecule has 0 radical (unpaired) electrons. The number of nitrogens with zero attached hydrogens (tertiary/aromatic N) is 1. The van der Waals surface area contributed by atoms with Gasteiger partial charge in [-0.05, 0) is 18.6 Å². The normalized spacial score (nSPS) is 23.4. The number of rotatable bonds is 4. The van der Waals surface area contributed by atoms with Crippen LogP contribution in [-0.2, 0) is 14.6 Å². The zero-order chi connectivity index (χ0) is 17.9. The summed E-state index contributed by atoms with van der Waals surface area (Å²) in [6.45, 7) is 3.00. The fourth-order valence-corrected chi connectivity index (χ4v) is 5.05. The third-order valence-electron chi connectivity index (χ3n) is 4.79. The molecular weight excluding hydrogens is 342 g/mol. The number of carbonyl (C=O) groups is 2. The maximum absolute atomic E-state index is 12.4. The molecule has 1 atom stereocenters. The molecular formula is C17H24N3O4S+. The summed E-state index contributed by atoms with van der Waals surface area (Å²) in [4.78, 5) is 27.4. The van der Waals surface area contributed by atoms with Crippen molar-refractivity contribution in [3.8, 4) is 0 Å². The number of amides is 2. The van der Waals surface area contributed by atoms with Gasteiger partial charge in [0.15, 0.2) is 16.4 Å². The molecule has 1 aromatic rings. The van der Waals surface area contributed by atoms with Gasteiger partial charge < -0.3 is 15.1 Å². The van der Waals surface area contributed by atoms with E-state index in [4.69, 9.17) is 0 Å². The predicted octanol–water partition coefficient (Wildman–Crippen LogP) is -1.67. The lowest BCUT2D eigenvalue weighted by molar-refractivity contribution is -0.896. The third kappa shape index (κ3) is 4.79. The number of sulfone groups is 1. The lowest BCUT2D eigenvalue weighted by atomic mass is 10.2. The van der Waals surface area contributed by atoms with E-state index in [1.54, 1.807) is 0 Å². The molecule has 0 aliphatic carbocycles. The van der Waals surface area contributed by atoms with Gasteiger partial charge in [0, 0.05) is 11.6 Å². The van der Waals surface area contributed by atoms with Gasteiger partial charge in [-0.2, -0.15) is 0 Å². The number of quaternary nitrogens is 1. The summed E-state index contributed by atoms with van der Waals surface area (Å²) in [6.07, 6.45) is 0.503. The Morgan fingerprint density at radius 3 is 2.44 bits per heavy atom. The molecule has 2 amide bonds. The van der Waals surface area contributed by atoms with E-state index >= 15 is 0 Å². The van der Waals surface area contributed by atoms with Crippen molar-refractivity contribution in [2.75, 3.05) is 44.2 Å². The molecule has 2 saturated heterocycles. The van der Waals surface area contributed by atoms with E-state index in [2.05, 4.69) is 5.32 Å². The summed E-state index contributed by atoms with van der Waals surface area (Å²) >= 11 is 0. The van der Waals surface area contributed by atoms with E-state index in [0.717, 1.165) is 18.0 Å². The first-order valence-electron chi connectivity index (χ1n) is 8.61. The molecule has 3 rings (SSSR count). The summed E-state index contributed by atoms with van der Waals surface area (Å²) in [5.74, 6) is 0.124. The summed E-state index contributed by atoms with van der Waals surface area (Å²) in [5, 5.41) is 2.82. The van der Waals surface area contributed by atoms with Crippen LogP contribution >= 0.6 is 0 Å².